The molecule has 4 N–H and O–H groups in total. The number of nitrogen functional groups attached to an aromatic ring is 1. The topological polar surface area (TPSA) is 66.5 Å². The Morgan fingerprint density at radius 1 is 1.27 bits per heavy atom. The molecular formula is C8H11NO2. The summed E-state index contributed by atoms with van der Waals surface area (Å²) in [7, 11) is 0. The highest BCUT2D eigenvalue weighted by molar-refractivity contribution is 5.64. The largest absolute Gasteiger partial charge is 0.508 e. The van der Waals surface area contributed by atoms with Gasteiger partial charge in [-0.15, -0.1) is 0 Å². The second-order valence-electron chi connectivity index (χ2n) is 2.60. The molecule has 0 aliphatic carbocycles. The van der Waals surface area contributed by atoms with Crippen molar-refractivity contribution in [2.75, 3.05) is 5.73 Å². The number of aromatic hydroxyl groups is 2. The predicted molar refractivity (Wildman–Crippen MR) is 43.7 cm³/mol. The minimum Gasteiger partial charge on any atom is -0.508 e. The maximum absolute atomic E-state index is 9.28. The summed E-state index contributed by atoms with van der Waals surface area (Å²) >= 11 is 0. The van der Waals surface area contributed by atoms with E-state index >= 15 is 0 Å². The maximum atomic E-state index is 9.28. The second kappa shape index (κ2) is 2.34. The van der Waals surface area contributed by atoms with Gasteiger partial charge < -0.3 is 15.9 Å². The molecule has 0 aliphatic heterocycles. The number of nitrogens with two attached hydrogens (primary N) is 1. The molecule has 3 nitrogen and oxygen atoms in total. The third-order valence-corrected chi connectivity index (χ3v) is 1.77. The summed E-state index contributed by atoms with van der Waals surface area (Å²) in [5.41, 5.74) is 6.93. The molecule has 0 radical (unpaired) electrons. The number of benzene rings is 1. The summed E-state index contributed by atoms with van der Waals surface area (Å²) in [6.45, 7) is 3.34. The van der Waals surface area contributed by atoms with Crippen LogP contribution in [0.4, 0.5) is 5.69 Å². The lowest BCUT2D eigenvalue weighted by molar-refractivity contribution is 0.444. The Morgan fingerprint density at radius 3 is 2.36 bits per heavy atom. The molecule has 0 atom stereocenters. The summed E-state index contributed by atoms with van der Waals surface area (Å²) in [6.07, 6.45) is 0. The van der Waals surface area contributed by atoms with Gasteiger partial charge >= 0.3 is 0 Å². The van der Waals surface area contributed by atoms with E-state index in [1.807, 2.05) is 0 Å². The molecule has 0 saturated heterocycles. The zero-order chi connectivity index (χ0) is 8.59. The van der Waals surface area contributed by atoms with Crippen LogP contribution in [0.5, 0.6) is 11.5 Å². The lowest BCUT2D eigenvalue weighted by Gasteiger charge is -2.07. The number of hydrogen-bond acceptors (Lipinski definition) is 3. The van der Waals surface area contributed by atoms with Gasteiger partial charge in [-0.25, -0.2) is 0 Å². The zero-order valence-electron chi connectivity index (χ0n) is 6.55. The van der Waals surface area contributed by atoms with Crippen molar-refractivity contribution in [3.63, 3.8) is 0 Å². The van der Waals surface area contributed by atoms with E-state index in [-0.39, 0.29) is 11.5 Å². The Kier molecular flexibility index (Phi) is 1.64. The van der Waals surface area contributed by atoms with Gasteiger partial charge in [0.15, 0.2) is 0 Å². The van der Waals surface area contributed by atoms with Gasteiger partial charge in [-0.1, -0.05) is 0 Å². The van der Waals surface area contributed by atoms with Gasteiger partial charge in [0.2, 0.25) is 0 Å². The van der Waals surface area contributed by atoms with E-state index in [4.69, 9.17) is 5.73 Å². The average Bonchev–Trinajstić information content (AvgIpc) is 1.97. The standard InChI is InChI=1S/C8H11NO2/c1-4-3-6(10)5(2)8(11)7(4)9/h3,10-11H,9H2,1-2H3. The van der Waals surface area contributed by atoms with E-state index in [0.717, 1.165) is 0 Å². The van der Waals surface area contributed by atoms with Crippen molar-refractivity contribution in [1.82, 2.24) is 0 Å². The molecule has 0 aliphatic rings. The van der Waals surface area contributed by atoms with Crippen molar-refractivity contribution >= 4 is 5.69 Å². The van der Waals surface area contributed by atoms with Gasteiger partial charge in [0.05, 0.1) is 5.69 Å². The highest BCUT2D eigenvalue weighted by atomic mass is 16.3. The average molecular weight is 153 g/mol. The van der Waals surface area contributed by atoms with Crippen LogP contribution >= 0.6 is 0 Å². The van der Waals surface area contributed by atoms with Crippen molar-refractivity contribution in [2.45, 2.75) is 13.8 Å². The van der Waals surface area contributed by atoms with Gasteiger partial charge in [0, 0.05) is 5.56 Å². The highest BCUT2D eigenvalue weighted by Crippen LogP contribution is 2.33. The molecule has 0 bridgehead atoms. The van der Waals surface area contributed by atoms with Crippen LogP contribution in [-0.4, -0.2) is 10.2 Å². The van der Waals surface area contributed by atoms with Crippen LogP contribution < -0.4 is 5.73 Å². The molecular weight excluding hydrogens is 142 g/mol. The minimum absolute atomic E-state index is 0.0255. The van der Waals surface area contributed by atoms with Crippen LogP contribution in [0.3, 0.4) is 0 Å². The first-order chi connectivity index (χ1) is 5.04. The normalized spacial score (nSPS) is 10.0. The molecule has 0 saturated carbocycles. The minimum atomic E-state index is -0.0255. The van der Waals surface area contributed by atoms with E-state index in [1.165, 1.54) is 6.07 Å². The molecule has 60 valence electrons. The monoisotopic (exact) mass is 153 g/mol. The highest BCUT2D eigenvalue weighted by Gasteiger charge is 2.08. The fourth-order valence-electron chi connectivity index (χ4n) is 0.901. The van der Waals surface area contributed by atoms with Crippen LogP contribution in [0.15, 0.2) is 6.07 Å². The van der Waals surface area contributed by atoms with E-state index in [1.54, 1.807) is 13.8 Å². The Bertz CT molecular complexity index is 268. The summed E-state index contributed by atoms with van der Waals surface area (Å²) in [5, 5.41) is 18.5. The first-order valence-corrected chi connectivity index (χ1v) is 3.31. The van der Waals surface area contributed by atoms with Gasteiger partial charge in [-0.2, -0.15) is 0 Å². The van der Waals surface area contributed by atoms with Crippen LogP contribution in [0, 0.1) is 13.8 Å². The Labute approximate surface area is 65.1 Å². The molecule has 1 rings (SSSR count). The van der Waals surface area contributed by atoms with Crippen molar-refractivity contribution < 1.29 is 10.2 Å². The number of aryl methyl sites for hydroxylation is 1. The maximum Gasteiger partial charge on any atom is 0.145 e. The lowest BCUT2D eigenvalue weighted by atomic mass is 10.1. The zero-order valence-corrected chi connectivity index (χ0v) is 6.55. The first kappa shape index (κ1) is 7.72. The molecule has 0 amide bonds. The second-order valence-corrected chi connectivity index (χ2v) is 2.60. The fraction of sp³-hybridized carbons (Fsp3) is 0.250. The molecule has 0 aromatic heterocycles. The van der Waals surface area contributed by atoms with Crippen LogP contribution in [0.25, 0.3) is 0 Å². The van der Waals surface area contributed by atoms with Crippen molar-refractivity contribution in [3.8, 4) is 11.5 Å². The number of hydrogen-bond donors (Lipinski definition) is 3. The van der Waals surface area contributed by atoms with Gasteiger partial charge in [-0.3, -0.25) is 0 Å². The summed E-state index contributed by atoms with van der Waals surface area (Å²) in [5.74, 6) is 0.0525. The van der Waals surface area contributed by atoms with Gasteiger partial charge in [0.25, 0.3) is 0 Å². The third-order valence-electron chi connectivity index (χ3n) is 1.77. The van der Waals surface area contributed by atoms with Crippen LogP contribution in [0.2, 0.25) is 0 Å². The fourth-order valence-corrected chi connectivity index (χ4v) is 0.901. The Hall–Kier alpha value is -1.38. The molecule has 3 heteroatoms. The van der Waals surface area contributed by atoms with E-state index in [0.29, 0.717) is 16.8 Å². The third kappa shape index (κ3) is 1.09. The van der Waals surface area contributed by atoms with E-state index < -0.39 is 0 Å². The van der Waals surface area contributed by atoms with Gasteiger partial charge in [-0.05, 0) is 25.5 Å². The summed E-state index contributed by atoms with van der Waals surface area (Å²) in [4.78, 5) is 0. The summed E-state index contributed by atoms with van der Waals surface area (Å²) in [6, 6.07) is 1.53. The van der Waals surface area contributed by atoms with Gasteiger partial charge in [0.1, 0.15) is 11.5 Å². The van der Waals surface area contributed by atoms with Crippen molar-refractivity contribution in [2.24, 2.45) is 0 Å². The molecule has 1 aromatic carbocycles. The van der Waals surface area contributed by atoms with Crippen molar-refractivity contribution in [3.05, 3.63) is 17.2 Å². The Morgan fingerprint density at radius 2 is 1.82 bits per heavy atom. The number of phenols is 2. The molecule has 0 unspecified atom stereocenters. The molecule has 0 heterocycles. The molecule has 1 aromatic rings. The van der Waals surface area contributed by atoms with Crippen molar-refractivity contribution in [1.29, 1.82) is 0 Å². The van der Waals surface area contributed by atoms with Crippen LogP contribution in [-0.2, 0) is 0 Å². The predicted octanol–water partition coefficient (Wildman–Crippen LogP) is 1.30. The molecule has 0 fully saturated rings. The number of phenolic OH excluding ortho intramolecular Hbond substituents is 2. The SMILES string of the molecule is Cc1cc(O)c(C)c(O)c1N. The van der Waals surface area contributed by atoms with E-state index in [2.05, 4.69) is 0 Å². The molecule has 0 spiro atoms. The summed E-state index contributed by atoms with van der Waals surface area (Å²) < 4.78 is 0. The number of rotatable bonds is 0. The number of anilines is 1. The molecule has 11 heavy (non-hydrogen) atoms. The van der Waals surface area contributed by atoms with Crippen LogP contribution in [0.1, 0.15) is 11.1 Å². The first-order valence-electron chi connectivity index (χ1n) is 3.31. The lowest BCUT2D eigenvalue weighted by Crippen LogP contribution is -1.92. The Balaban J connectivity index is 3.46. The quantitative estimate of drug-likeness (QED) is 0.299. The van der Waals surface area contributed by atoms with E-state index in [9.17, 15) is 10.2 Å². The smallest absolute Gasteiger partial charge is 0.145 e.